The van der Waals surface area contributed by atoms with E-state index in [9.17, 15) is 4.39 Å². The molecule has 0 aromatic heterocycles. The molecule has 1 unspecified atom stereocenters. The predicted octanol–water partition coefficient (Wildman–Crippen LogP) is 4.70. The van der Waals surface area contributed by atoms with E-state index >= 15 is 0 Å². The molecule has 114 valence electrons. The van der Waals surface area contributed by atoms with E-state index in [-0.39, 0.29) is 17.3 Å². The second-order valence-corrected chi connectivity index (χ2v) is 6.50. The Morgan fingerprint density at radius 2 is 2.00 bits per heavy atom. The number of ether oxygens (including phenoxy) is 1. The fourth-order valence-corrected chi connectivity index (χ4v) is 2.18. The summed E-state index contributed by atoms with van der Waals surface area (Å²) in [4.78, 5) is 0. The summed E-state index contributed by atoms with van der Waals surface area (Å²) in [6.07, 6.45) is 3.18. The first-order valence-corrected chi connectivity index (χ1v) is 7.44. The van der Waals surface area contributed by atoms with Gasteiger partial charge in [0.1, 0.15) is 0 Å². The molecule has 0 saturated heterocycles. The molecule has 1 aromatic rings. The lowest BCUT2D eigenvalue weighted by Crippen LogP contribution is -2.23. The second-order valence-electron chi connectivity index (χ2n) is 6.50. The number of methoxy groups -OCH3 is 1. The van der Waals surface area contributed by atoms with Gasteiger partial charge in [-0.05, 0) is 48.9 Å². The van der Waals surface area contributed by atoms with Crippen molar-refractivity contribution < 1.29 is 9.13 Å². The van der Waals surface area contributed by atoms with Gasteiger partial charge in [-0.25, -0.2) is 4.39 Å². The van der Waals surface area contributed by atoms with Crippen LogP contribution in [0.1, 0.15) is 58.6 Å². The van der Waals surface area contributed by atoms with E-state index in [1.807, 2.05) is 6.07 Å². The van der Waals surface area contributed by atoms with Crippen molar-refractivity contribution in [3.8, 4) is 5.75 Å². The van der Waals surface area contributed by atoms with Crippen molar-refractivity contribution in [2.24, 2.45) is 5.41 Å². The minimum absolute atomic E-state index is 0.203. The van der Waals surface area contributed by atoms with Crippen LogP contribution in [0.25, 0.3) is 0 Å². The van der Waals surface area contributed by atoms with Crippen LogP contribution in [0.2, 0.25) is 0 Å². The number of hydrogen-bond acceptors (Lipinski definition) is 2. The Bertz CT molecular complexity index is 412. The molecule has 1 N–H and O–H groups in total. The topological polar surface area (TPSA) is 21.3 Å². The fraction of sp³-hybridized carbons (Fsp3) is 0.647. The molecule has 0 amide bonds. The minimum Gasteiger partial charge on any atom is -0.494 e. The highest BCUT2D eigenvalue weighted by atomic mass is 19.1. The molecule has 1 aromatic carbocycles. The first-order valence-electron chi connectivity index (χ1n) is 7.44. The second kappa shape index (κ2) is 7.63. The van der Waals surface area contributed by atoms with Crippen LogP contribution in [0.3, 0.4) is 0 Å². The standard InChI is InChI=1S/C17H28FNO/c1-6-11-19-15(9-10-17(2,3)4)13-7-8-16(20-5)14(18)12-13/h7-8,12,15,19H,6,9-11H2,1-5H3. The summed E-state index contributed by atoms with van der Waals surface area (Å²) in [6, 6.07) is 5.46. The zero-order valence-corrected chi connectivity index (χ0v) is 13.4. The van der Waals surface area contributed by atoms with Crippen LogP contribution in [0.15, 0.2) is 18.2 Å². The van der Waals surface area contributed by atoms with E-state index in [1.54, 1.807) is 12.1 Å². The molecule has 0 fully saturated rings. The number of nitrogens with one attached hydrogen (secondary N) is 1. The molecule has 0 bridgehead atoms. The highest BCUT2D eigenvalue weighted by Gasteiger charge is 2.17. The Balaban J connectivity index is 2.83. The third-order valence-corrected chi connectivity index (χ3v) is 3.40. The predicted molar refractivity (Wildman–Crippen MR) is 82.7 cm³/mol. The third kappa shape index (κ3) is 5.49. The van der Waals surface area contributed by atoms with E-state index in [1.165, 1.54) is 7.11 Å². The lowest BCUT2D eigenvalue weighted by Gasteiger charge is -2.24. The van der Waals surface area contributed by atoms with Gasteiger partial charge < -0.3 is 10.1 Å². The maximum atomic E-state index is 13.9. The Morgan fingerprint density at radius 1 is 1.30 bits per heavy atom. The van der Waals surface area contributed by atoms with Gasteiger partial charge in [0.2, 0.25) is 0 Å². The van der Waals surface area contributed by atoms with Gasteiger partial charge in [0.25, 0.3) is 0 Å². The summed E-state index contributed by atoms with van der Waals surface area (Å²) >= 11 is 0. The average Bonchev–Trinajstić information content (AvgIpc) is 2.37. The van der Waals surface area contributed by atoms with Crippen LogP contribution in [0.4, 0.5) is 4.39 Å². The van der Waals surface area contributed by atoms with Gasteiger partial charge in [0.05, 0.1) is 7.11 Å². The van der Waals surface area contributed by atoms with E-state index in [4.69, 9.17) is 4.74 Å². The van der Waals surface area contributed by atoms with Gasteiger partial charge in [-0.15, -0.1) is 0 Å². The molecular weight excluding hydrogens is 253 g/mol. The quantitative estimate of drug-likeness (QED) is 0.782. The Hall–Kier alpha value is -1.09. The van der Waals surface area contributed by atoms with Crippen molar-refractivity contribution in [1.82, 2.24) is 5.32 Å². The van der Waals surface area contributed by atoms with E-state index in [0.29, 0.717) is 5.75 Å². The van der Waals surface area contributed by atoms with E-state index in [2.05, 4.69) is 33.0 Å². The molecule has 0 spiro atoms. The Labute approximate surface area is 122 Å². The van der Waals surface area contributed by atoms with Gasteiger partial charge >= 0.3 is 0 Å². The van der Waals surface area contributed by atoms with Crippen LogP contribution >= 0.6 is 0 Å². The summed E-state index contributed by atoms with van der Waals surface area (Å²) in [6.45, 7) is 9.79. The van der Waals surface area contributed by atoms with Crippen LogP contribution in [0.5, 0.6) is 5.75 Å². The van der Waals surface area contributed by atoms with Crippen molar-refractivity contribution in [3.05, 3.63) is 29.6 Å². The lowest BCUT2D eigenvalue weighted by atomic mass is 9.87. The number of hydrogen-bond donors (Lipinski definition) is 1. The summed E-state index contributed by atoms with van der Waals surface area (Å²) in [5.41, 5.74) is 1.29. The zero-order chi connectivity index (χ0) is 15.2. The maximum Gasteiger partial charge on any atom is 0.165 e. The molecule has 0 heterocycles. The van der Waals surface area contributed by atoms with Gasteiger partial charge in [-0.3, -0.25) is 0 Å². The van der Waals surface area contributed by atoms with Crippen molar-refractivity contribution in [3.63, 3.8) is 0 Å². The summed E-state index contributed by atoms with van der Waals surface area (Å²) in [7, 11) is 1.49. The molecule has 0 aliphatic rings. The van der Waals surface area contributed by atoms with Gasteiger partial charge in [0, 0.05) is 6.04 Å². The Kier molecular flexibility index (Phi) is 6.47. The highest BCUT2D eigenvalue weighted by molar-refractivity contribution is 5.31. The summed E-state index contributed by atoms with van der Waals surface area (Å²) in [5, 5.41) is 3.52. The van der Waals surface area contributed by atoms with Crippen molar-refractivity contribution in [2.45, 2.75) is 53.0 Å². The summed E-state index contributed by atoms with van der Waals surface area (Å²) < 4.78 is 18.8. The first-order chi connectivity index (χ1) is 9.37. The molecule has 2 nitrogen and oxygen atoms in total. The molecule has 1 atom stereocenters. The van der Waals surface area contributed by atoms with E-state index in [0.717, 1.165) is 31.4 Å². The monoisotopic (exact) mass is 281 g/mol. The van der Waals surface area contributed by atoms with Crippen LogP contribution in [-0.4, -0.2) is 13.7 Å². The number of halogens is 1. The minimum atomic E-state index is -0.288. The largest absolute Gasteiger partial charge is 0.494 e. The van der Waals surface area contributed by atoms with Crippen molar-refractivity contribution in [2.75, 3.05) is 13.7 Å². The van der Waals surface area contributed by atoms with Crippen LogP contribution < -0.4 is 10.1 Å². The first kappa shape index (κ1) is 17.0. The Morgan fingerprint density at radius 3 is 2.50 bits per heavy atom. The lowest BCUT2D eigenvalue weighted by molar-refractivity contribution is 0.331. The van der Waals surface area contributed by atoms with Gasteiger partial charge in [0.15, 0.2) is 11.6 Å². The molecule has 3 heteroatoms. The molecular formula is C17H28FNO. The number of rotatable bonds is 7. The average molecular weight is 281 g/mol. The fourth-order valence-electron chi connectivity index (χ4n) is 2.18. The maximum absolute atomic E-state index is 13.9. The third-order valence-electron chi connectivity index (χ3n) is 3.40. The molecule has 0 radical (unpaired) electrons. The molecule has 0 aliphatic heterocycles. The highest BCUT2D eigenvalue weighted by Crippen LogP contribution is 2.29. The molecule has 20 heavy (non-hydrogen) atoms. The van der Waals surface area contributed by atoms with Crippen LogP contribution in [0, 0.1) is 11.2 Å². The van der Waals surface area contributed by atoms with Gasteiger partial charge in [-0.1, -0.05) is 33.8 Å². The molecule has 1 rings (SSSR count). The smallest absolute Gasteiger partial charge is 0.165 e. The molecule has 0 aliphatic carbocycles. The normalized spacial score (nSPS) is 13.3. The van der Waals surface area contributed by atoms with Gasteiger partial charge in [-0.2, -0.15) is 0 Å². The van der Waals surface area contributed by atoms with Crippen molar-refractivity contribution >= 4 is 0 Å². The van der Waals surface area contributed by atoms with Crippen LogP contribution in [-0.2, 0) is 0 Å². The SMILES string of the molecule is CCCNC(CCC(C)(C)C)c1ccc(OC)c(F)c1. The number of benzene rings is 1. The summed E-state index contributed by atoms with van der Waals surface area (Å²) in [5.74, 6) is 0.0165. The zero-order valence-electron chi connectivity index (χ0n) is 13.4. The van der Waals surface area contributed by atoms with E-state index < -0.39 is 0 Å². The van der Waals surface area contributed by atoms with Crippen molar-refractivity contribution in [1.29, 1.82) is 0 Å². The molecule has 0 saturated carbocycles.